The third kappa shape index (κ3) is 5.03. The lowest BCUT2D eigenvalue weighted by Crippen LogP contribution is -2.18. The Morgan fingerprint density at radius 2 is 2.00 bits per heavy atom. The number of rotatable bonds is 8. The molecule has 1 aromatic rings. The van der Waals surface area contributed by atoms with Crippen molar-refractivity contribution in [1.29, 1.82) is 0 Å². The van der Waals surface area contributed by atoms with Crippen molar-refractivity contribution in [1.82, 2.24) is 0 Å². The van der Waals surface area contributed by atoms with Crippen molar-refractivity contribution in [3.8, 4) is 0 Å². The topological polar surface area (TPSA) is 81.4 Å². The predicted molar refractivity (Wildman–Crippen MR) is 72.9 cm³/mol. The van der Waals surface area contributed by atoms with Crippen molar-refractivity contribution < 1.29 is 13.2 Å². The summed E-state index contributed by atoms with van der Waals surface area (Å²) in [5.41, 5.74) is 6.74. The molecule has 0 aromatic heterocycles. The molecule has 0 bridgehead atoms. The number of methoxy groups -OCH3 is 1. The van der Waals surface area contributed by atoms with Gasteiger partial charge in [0.2, 0.25) is 10.0 Å². The predicted octanol–water partition coefficient (Wildman–Crippen LogP) is 1.31. The van der Waals surface area contributed by atoms with E-state index in [1.807, 2.05) is 12.1 Å². The van der Waals surface area contributed by atoms with E-state index in [2.05, 4.69) is 4.72 Å². The highest BCUT2D eigenvalue weighted by Gasteiger charge is 2.12. The van der Waals surface area contributed by atoms with Gasteiger partial charge in [0.25, 0.3) is 0 Å². The van der Waals surface area contributed by atoms with Crippen LogP contribution < -0.4 is 10.5 Å². The second kappa shape index (κ2) is 7.35. The SMILES string of the molecule is COCc1ccccc1NS(=O)(=O)CCCCN. The first kappa shape index (κ1) is 14.9. The smallest absolute Gasteiger partial charge is 0.232 e. The van der Waals surface area contributed by atoms with Crippen LogP contribution in [0.4, 0.5) is 5.69 Å². The number of anilines is 1. The van der Waals surface area contributed by atoms with E-state index in [9.17, 15) is 8.42 Å². The van der Waals surface area contributed by atoms with Gasteiger partial charge >= 0.3 is 0 Å². The van der Waals surface area contributed by atoms with Crippen molar-refractivity contribution in [3.05, 3.63) is 29.8 Å². The fraction of sp³-hybridized carbons (Fsp3) is 0.500. The third-order valence-corrected chi connectivity index (χ3v) is 3.81. The van der Waals surface area contributed by atoms with Crippen molar-refractivity contribution in [2.75, 3.05) is 24.1 Å². The average Bonchev–Trinajstić information content (AvgIpc) is 2.32. The van der Waals surface area contributed by atoms with Gasteiger partial charge in [0.05, 0.1) is 18.0 Å². The minimum Gasteiger partial charge on any atom is -0.380 e. The Hall–Kier alpha value is -1.11. The van der Waals surface area contributed by atoms with Crippen LogP contribution in [0.25, 0.3) is 0 Å². The molecule has 0 atom stereocenters. The van der Waals surface area contributed by atoms with Gasteiger partial charge in [-0.1, -0.05) is 18.2 Å². The Morgan fingerprint density at radius 1 is 1.28 bits per heavy atom. The van der Waals surface area contributed by atoms with Gasteiger partial charge in [-0.15, -0.1) is 0 Å². The van der Waals surface area contributed by atoms with E-state index in [-0.39, 0.29) is 5.75 Å². The number of unbranched alkanes of at least 4 members (excludes halogenated alkanes) is 1. The Bertz CT molecular complexity index is 460. The largest absolute Gasteiger partial charge is 0.380 e. The molecule has 3 N–H and O–H groups in total. The fourth-order valence-corrected chi connectivity index (χ4v) is 2.78. The lowest BCUT2D eigenvalue weighted by atomic mass is 10.2. The Balaban J connectivity index is 2.71. The summed E-state index contributed by atoms with van der Waals surface area (Å²) in [6.07, 6.45) is 1.28. The minimum atomic E-state index is -3.31. The standard InChI is InChI=1S/C12H20N2O3S/c1-17-10-11-6-2-3-7-12(11)14-18(15,16)9-5-4-8-13/h2-3,6-7,14H,4-5,8-10,13H2,1H3. The molecule has 1 aromatic carbocycles. The van der Waals surface area contributed by atoms with Gasteiger partial charge in [0.15, 0.2) is 0 Å². The molecule has 5 nitrogen and oxygen atoms in total. The summed E-state index contributed by atoms with van der Waals surface area (Å²) in [6.45, 7) is 0.886. The molecule has 0 amide bonds. The first-order valence-electron chi connectivity index (χ1n) is 5.86. The maximum atomic E-state index is 11.8. The van der Waals surface area contributed by atoms with Crippen LogP contribution >= 0.6 is 0 Å². The summed E-state index contributed by atoms with van der Waals surface area (Å²) in [7, 11) is -1.73. The van der Waals surface area contributed by atoms with Crippen molar-refractivity contribution in [2.24, 2.45) is 5.73 Å². The molecule has 0 aliphatic carbocycles. The quantitative estimate of drug-likeness (QED) is 0.699. The minimum absolute atomic E-state index is 0.0888. The lowest BCUT2D eigenvalue weighted by molar-refractivity contribution is 0.185. The maximum absolute atomic E-state index is 11.8. The summed E-state index contributed by atoms with van der Waals surface area (Å²) < 4.78 is 31.3. The molecule has 6 heteroatoms. The van der Waals surface area contributed by atoms with Crippen molar-refractivity contribution in [2.45, 2.75) is 19.4 Å². The third-order valence-electron chi connectivity index (χ3n) is 2.45. The van der Waals surface area contributed by atoms with Gasteiger partial charge in [-0.05, 0) is 25.5 Å². The number of para-hydroxylation sites is 1. The van der Waals surface area contributed by atoms with Crippen LogP contribution in [-0.2, 0) is 21.4 Å². The molecule has 102 valence electrons. The highest BCUT2D eigenvalue weighted by molar-refractivity contribution is 7.92. The molecule has 0 unspecified atom stereocenters. The van der Waals surface area contributed by atoms with Crippen molar-refractivity contribution in [3.63, 3.8) is 0 Å². The molecule has 18 heavy (non-hydrogen) atoms. The van der Waals surface area contributed by atoms with Gasteiger partial charge in [-0.2, -0.15) is 0 Å². The summed E-state index contributed by atoms with van der Waals surface area (Å²) in [4.78, 5) is 0. The van der Waals surface area contributed by atoms with Crippen LogP contribution in [0.2, 0.25) is 0 Å². The normalized spacial score (nSPS) is 11.4. The Labute approximate surface area is 108 Å². The molecule has 1 rings (SSSR count). The first-order chi connectivity index (χ1) is 8.59. The van der Waals surface area contributed by atoms with Gasteiger partial charge in [0.1, 0.15) is 0 Å². The molecule has 0 heterocycles. The van der Waals surface area contributed by atoms with E-state index in [4.69, 9.17) is 10.5 Å². The van der Waals surface area contributed by atoms with E-state index in [1.165, 1.54) is 0 Å². The monoisotopic (exact) mass is 272 g/mol. The van der Waals surface area contributed by atoms with E-state index in [0.29, 0.717) is 31.7 Å². The number of nitrogens with two attached hydrogens (primary N) is 1. The Morgan fingerprint density at radius 3 is 2.67 bits per heavy atom. The van der Waals surface area contributed by atoms with Crippen LogP contribution in [-0.4, -0.2) is 27.8 Å². The molecule has 0 fully saturated rings. The van der Waals surface area contributed by atoms with Crippen LogP contribution in [0, 0.1) is 0 Å². The summed E-state index contributed by atoms with van der Waals surface area (Å²) in [6, 6.07) is 7.20. The van der Waals surface area contributed by atoms with Gasteiger partial charge in [-0.3, -0.25) is 4.72 Å². The molecule has 0 aliphatic rings. The Kier molecular flexibility index (Phi) is 6.11. The van der Waals surface area contributed by atoms with Gasteiger partial charge < -0.3 is 10.5 Å². The van der Waals surface area contributed by atoms with Gasteiger partial charge in [-0.25, -0.2) is 8.42 Å². The van der Waals surface area contributed by atoms with Crippen LogP contribution in [0.5, 0.6) is 0 Å². The van der Waals surface area contributed by atoms with Crippen molar-refractivity contribution >= 4 is 15.7 Å². The number of nitrogens with one attached hydrogen (secondary N) is 1. The molecular weight excluding hydrogens is 252 g/mol. The molecule has 0 saturated carbocycles. The number of ether oxygens (including phenoxy) is 1. The van der Waals surface area contributed by atoms with Gasteiger partial charge in [0, 0.05) is 12.7 Å². The van der Waals surface area contributed by atoms with Crippen LogP contribution in [0.15, 0.2) is 24.3 Å². The summed E-state index contributed by atoms with van der Waals surface area (Å²) in [5, 5.41) is 0. The van der Waals surface area contributed by atoms with Crippen LogP contribution in [0.1, 0.15) is 18.4 Å². The average molecular weight is 272 g/mol. The zero-order valence-electron chi connectivity index (χ0n) is 10.6. The number of hydrogen-bond donors (Lipinski definition) is 2. The van der Waals surface area contributed by atoms with E-state index in [0.717, 1.165) is 5.56 Å². The second-order valence-corrected chi connectivity index (χ2v) is 5.85. The molecular formula is C12H20N2O3S. The highest BCUT2D eigenvalue weighted by Crippen LogP contribution is 2.17. The van der Waals surface area contributed by atoms with E-state index in [1.54, 1.807) is 19.2 Å². The zero-order chi connectivity index (χ0) is 13.4. The summed E-state index contributed by atoms with van der Waals surface area (Å²) >= 11 is 0. The fourth-order valence-electron chi connectivity index (χ4n) is 1.56. The summed E-state index contributed by atoms with van der Waals surface area (Å²) in [5.74, 6) is 0.0888. The molecule has 0 radical (unpaired) electrons. The zero-order valence-corrected chi connectivity index (χ0v) is 11.4. The van der Waals surface area contributed by atoms with E-state index < -0.39 is 10.0 Å². The van der Waals surface area contributed by atoms with Crippen LogP contribution in [0.3, 0.4) is 0 Å². The lowest BCUT2D eigenvalue weighted by Gasteiger charge is -2.11. The number of hydrogen-bond acceptors (Lipinski definition) is 4. The van der Waals surface area contributed by atoms with E-state index >= 15 is 0 Å². The number of benzene rings is 1. The number of sulfonamides is 1. The second-order valence-electron chi connectivity index (χ2n) is 4.01. The maximum Gasteiger partial charge on any atom is 0.232 e. The highest BCUT2D eigenvalue weighted by atomic mass is 32.2. The molecule has 0 spiro atoms. The molecule has 0 aliphatic heterocycles. The first-order valence-corrected chi connectivity index (χ1v) is 7.51. The molecule has 0 saturated heterocycles.